The molecule has 0 spiro atoms. The first-order chi connectivity index (χ1) is 14.0. The molecule has 0 aliphatic carbocycles. The third-order valence-corrected chi connectivity index (χ3v) is 5.58. The zero-order valence-electron chi connectivity index (χ0n) is 15.5. The van der Waals surface area contributed by atoms with E-state index in [1.54, 1.807) is 18.3 Å². The number of carbonyl (C=O) groups is 1. The van der Waals surface area contributed by atoms with E-state index in [0.717, 1.165) is 32.3 Å². The second-order valence-electron chi connectivity index (χ2n) is 6.41. The Balaban J connectivity index is 1.54. The van der Waals surface area contributed by atoms with Gasteiger partial charge in [0.05, 0.1) is 34.0 Å². The van der Waals surface area contributed by atoms with Gasteiger partial charge in [-0.3, -0.25) is 9.69 Å². The Labute approximate surface area is 190 Å². The lowest BCUT2D eigenvalue weighted by atomic mass is 10.2. The predicted octanol–water partition coefficient (Wildman–Crippen LogP) is 3.55. The Bertz CT molecular complexity index is 851. The second-order valence-corrected chi connectivity index (χ2v) is 8.43. The molecule has 1 aliphatic rings. The smallest absolute Gasteiger partial charge is 0.254 e. The summed E-state index contributed by atoms with van der Waals surface area (Å²) in [6.07, 6.45) is 1.59. The van der Waals surface area contributed by atoms with Gasteiger partial charge < -0.3 is 9.47 Å². The van der Waals surface area contributed by atoms with Crippen LogP contribution in [-0.2, 0) is 16.1 Å². The third-order valence-electron chi connectivity index (χ3n) is 4.19. The topological polar surface area (TPSA) is 63.2 Å². The molecule has 1 heterocycles. The van der Waals surface area contributed by atoms with Gasteiger partial charge in [-0.1, -0.05) is 12.1 Å². The Hall–Kier alpha value is -1.56. The lowest BCUT2D eigenvalue weighted by Gasteiger charge is -2.25. The Morgan fingerprint density at radius 2 is 2.03 bits per heavy atom. The number of amides is 1. The van der Waals surface area contributed by atoms with Gasteiger partial charge in [-0.15, -0.1) is 0 Å². The van der Waals surface area contributed by atoms with Gasteiger partial charge in [0.1, 0.15) is 18.2 Å². The molecule has 1 saturated heterocycles. The maximum atomic E-state index is 13.0. The van der Waals surface area contributed by atoms with Gasteiger partial charge in [-0.25, -0.2) is 9.82 Å². The number of nitrogens with one attached hydrogen (secondary N) is 1. The fraction of sp³-hybridized carbons (Fsp3) is 0.300. The summed E-state index contributed by atoms with van der Waals surface area (Å²) in [6, 6.07) is 9.97. The van der Waals surface area contributed by atoms with Gasteiger partial charge in [0.15, 0.2) is 0 Å². The minimum absolute atomic E-state index is 0.156. The molecular weight excluding hydrogens is 556 g/mol. The molecule has 9 heteroatoms. The summed E-state index contributed by atoms with van der Waals surface area (Å²) in [7, 11) is 0. The van der Waals surface area contributed by atoms with Crippen LogP contribution in [0.15, 0.2) is 46.0 Å². The summed E-state index contributed by atoms with van der Waals surface area (Å²) in [5.41, 5.74) is 4.25. The summed E-state index contributed by atoms with van der Waals surface area (Å²) in [6.45, 7) is 3.44. The van der Waals surface area contributed by atoms with Crippen molar-refractivity contribution in [1.29, 1.82) is 0 Å². The summed E-state index contributed by atoms with van der Waals surface area (Å²) < 4.78 is 25.8. The van der Waals surface area contributed by atoms with Gasteiger partial charge in [-0.2, -0.15) is 5.10 Å². The standard InChI is InChI=1S/C20H20BrFIN3O3/c21-17-9-15(11-24-25-19(27)12-26-5-7-28-8-6-26)10-18(23)20(17)29-13-14-1-3-16(22)4-2-14/h1-4,9-11H,5-8,12-13H2,(H,25,27)/b24-11+. The third kappa shape index (κ3) is 7.02. The average molecular weight is 576 g/mol. The van der Waals surface area contributed by atoms with Gasteiger partial charge >= 0.3 is 0 Å². The van der Waals surface area contributed by atoms with Crippen molar-refractivity contribution in [2.75, 3.05) is 32.8 Å². The van der Waals surface area contributed by atoms with Gasteiger partial charge in [0.2, 0.25) is 0 Å². The molecule has 0 aromatic heterocycles. The van der Waals surface area contributed by atoms with Crippen molar-refractivity contribution >= 4 is 50.6 Å². The molecule has 6 nitrogen and oxygen atoms in total. The van der Waals surface area contributed by atoms with Crippen molar-refractivity contribution in [2.45, 2.75) is 6.61 Å². The van der Waals surface area contributed by atoms with Crippen molar-refractivity contribution in [3.63, 3.8) is 0 Å². The highest BCUT2D eigenvalue weighted by molar-refractivity contribution is 14.1. The minimum atomic E-state index is -0.273. The van der Waals surface area contributed by atoms with E-state index in [-0.39, 0.29) is 11.7 Å². The van der Waals surface area contributed by atoms with E-state index in [4.69, 9.17) is 9.47 Å². The number of hydrogen-bond donors (Lipinski definition) is 1. The van der Waals surface area contributed by atoms with E-state index < -0.39 is 0 Å². The first kappa shape index (κ1) is 22.1. The van der Waals surface area contributed by atoms with Crippen LogP contribution in [0.1, 0.15) is 11.1 Å². The highest BCUT2D eigenvalue weighted by Crippen LogP contribution is 2.32. The van der Waals surface area contributed by atoms with Crippen LogP contribution in [0.3, 0.4) is 0 Å². The predicted molar refractivity (Wildman–Crippen MR) is 121 cm³/mol. The van der Waals surface area contributed by atoms with Crippen LogP contribution < -0.4 is 10.2 Å². The van der Waals surface area contributed by atoms with Crippen molar-refractivity contribution in [3.05, 3.63) is 61.4 Å². The van der Waals surface area contributed by atoms with E-state index >= 15 is 0 Å². The molecule has 2 aromatic carbocycles. The summed E-state index contributed by atoms with van der Waals surface area (Å²) in [5, 5.41) is 4.04. The number of halogens is 3. The molecule has 29 heavy (non-hydrogen) atoms. The van der Waals surface area contributed by atoms with Crippen LogP contribution in [0.4, 0.5) is 4.39 Å². The lowest BCUT2D eigenvalue weighted by Crippen LogP contribution is -2.42. The fourth-order valence-corrected chi connectivity index (χ4v) is 4.47. The van der Waals surface area contributed by atoms with Crippen molar-refractivity contribution in [3.8, 4) is 5.75 Å². The number of rotatable bonds is 7. The molecule has 3 rings (SSSR count). The van der Waals surface area contributed by atoms with Gasteiger partial charge in [-0.05, 0) is 73.9 Å². The second kappa shape index (κ2) is 11.0. The molecule has 2 aromatic rings. The largest absolute Gasteiger partial charge is 0.487 e. The van der Waals surface area contributed by atoms with Crippen LogP contribution in [0.2, 0.25) is 0 Å². The van der Waals surface area contributed by atoms with Crippen LogP contribution >= 0.6 is 38.5 Å². The van der Waals surface area contributed by atoms with Crippen LogP contribution in [0.5, 0.6) is 5.75 Å². The number of carbonyl (C=O) groups excluding carboxylic acids is 1. The monoisotopic (exact) mass is 575 g/mol. The SMILES string of the molecule is O=C(CN1CCOCC1)N/N=C/c1cc(Br)c(OCc2ccc(F)cc2)c(I)c1. The Morgan fingerprint density at radius 3 is 2.72 bits per heavy atom. The quantitative estimate of drug-likeness (QED) is 0.312. The molecule has 0 saturated carbocycles. The van der Waals surface area contributed by atoms with Crippen LogP contribution in [-0.4, -0.2) is 49.9 Å². The van der Waals surface area contributed by atoms with E-state index in [1.807, 2.05) is 17.0 Å². The maximum Gasteiger partial charge on any atom is 0.254 e. The normalized spacial score (nSPS) is 14.9. The molecule has 0 radical (unpaired) electrons. The summed E-state index contributed by atoms with van der Waals surface area (Å²) in [4.78, 5) is 14.0. The number of morpholine rings is 1. The Morgan fingerprint density at radius 1 is 1.31 bits per heavy atom. The first-order valence-electron chi connectivity index (χ1n) is 8.99. The molecule has 0 atom stereocenters. The molecule has 1 fully saturated rings. The number of ether oxygens (including phenoxy) is 2. The molecule has 1 aliphatic heterocycles. The van der Waals surface area contributed by atoms with Gasteiger partial charge in [0, 0.05) is 13.1 Å². The molecule has 0 unspecified atom stereocenters. The van der Waals surface area contributed by atoms with Gasteiger partial charge in [0.25, 0.3) is 5.91 Å². The zero-order valence-corrected chi connectivity index (χ0v) is 19.3. The van der Waals surface area contributed by atoms with E-state index in [1.165, 1.54) is 12.1 Å². The van der Waals surface area contributed by atoms with E-state index in [9.17, 15) is 9.18 Å². The van der Waals surface area contributed by atoms with Crippen LogP contribution in [0, 0.1) is 9.39 Å². The zero-order chi connectivity index (χ0) is 20.6. The highest BCUT2D eigenvalue weighted by atomic mass is 127. The minimum Gasteiger partial charge on any atom is -0.487 e. The number of benzene rings is 2. The molecule has 1 N–H and O–H groups in total. The van der Waals surface area contributed by atoms with Crippen molar-refractivity contribution in [2.24, 2.45) is 5.10 Å². The van der Waals surface area contributed by atoms with E-state index in [0.29, 0.717) is 32.1 Å². The average Bonchev–Trinajstić information content (AvgIpc) is 2.69. The highest BCUT2D eigenvalue weighted by Gasteiger charge is 2.13. The molecule has 154 valence electrons. The first-order valence-corrected chi connectivity index (χ1v) is 10.9. The summed E-state index contributed by atoms with van der Waals surface area (Å²) >= 11 is 5.69. The van der Waals surface area contributed by atoms with Crippen molar-refractivity contribution in [1.82, 2.24) is 10.3 Å². The number of hydrazone groups is 1. The summed E-state index contributed by atoms with van der Waals surface area (Å²) in [5.74, 6) is 0.268. The number of hydrogen-bond acceptors (Lipinski definition) is 5. The fourth-order valence-electron chi connectivity index (χ4n) is 2.70. The maximum absolute atomic E-state index is 13.0. The molecule has 1 amide bonds. The van der Waals surface area contributed by atoms with E-state index in [2.05, 4.69) is 49.0 Å². The lowest BCUT2D eigenvalue weighted by molar-refractivity contribution is -0.123. The van der Waals surface area contributed by atoms with Crippen molar-refractivity contribution < 1.29 is 18.7 Å². The molecule has 0 bridgehead atoms. The number of nitrogens with zero attached hydrogens (tertiary/aromatic N) is 2. The molecular formula is C20H20BrFIN3O3. The Kier molecular flexibility index (Phi) is 8.40. The van der Waals surface area contributed by atoms with Crippen LogP contribution in [0.25, 0.3) is 0 Å².